The first-order valence-electron chi connectivity index (χ1n) is 13.2. The average molecular weight is 494 g/mol. The SMILES string of the molecule is COc1ccc2c3c1O[C@H]1C[C@@H](O)C=C[C@]31CCN(CCCCCC1CCc3sccc3C1=O)C2. The van der Waals surface area contributed by atoms with Gasteiger partial charge in [0.25, 0.3) is 0 Å². The monoisotopic (exact) mass is 493 g/mol. The molecule has 4 aliphatic rings. The van der Waals surface area contributed by atoms with Crippen molar-refractivity contribution in [3.63, 3.8) is 0 Å². The molecular formula is C29H35NO4S. The smallest absolute Gasteiger partial charge is 0.167 e. The van der Waals surface area contributed by atoms with Crippen LogP contribution in [0.4, 0.5) is 0 Å². The van der Waals surface area contributed by atoms with Crippen molar-refractivity contribution >= 4 is 17.1 Å². The highest BCUT2D eigenvalue weighted by Gasteiger charge is 2.52. The summed E-state index contributed by atoms with van der Waals surface area (Å²) in [6.07, 6.45) is 11.9. The molecule has 5 nitrogen and oxygen atoms in total. The lowest BCUT2D eigenvalue weighted by molar-refractivity contribution is 0.0808. The largest absolute Gasteiger partial charge is 0.493 e. The van der Waals surface area contributed by atoms with Crippen LogP contribution in [0.25, 0.3) is 0 Å². The van der Waals surface area contributed by atoms with Crippen LogP contribution in [0.1, 0.15) is 71.3 Å². The number of Topliss-reactive ketones (excluding diaryl/α,β-unsaturated/α-hetero) is 1. The summed E-state index contributed by atoms with van der Waals surface area (Å²) >= 11 is 1.73. The molecule has 0 amide bonds. The number of ketones is 1. The summed E-state index contributed by atoms with van der Waals surface area (Å²) in [5, 5.41) is 12.3. The van der Waals surface area contributed by atoms with Gasteiger partial charge in [-0.2, -0.15) is 0 Å². The van der Waals surface area contributed by atoms with E-state index in [4.69, 9.17) is 9.47 Å². The highest BCUT2D eigenvalue weighted by molar-refractivity contribution is 7.10. The van der Waals surface area contributed by atoms with Crippen LogP contribution < -0.4 is 9.47 Å². The summed E-state index contributed by atoms with van der Waals surface area (Å²) in [5.74, 6) is 2.27. The lowest BCUT2D eigenvalue weighted by Crippen LogP contribution is -2.43. The van der Waals surface area contributed by atoms with Crippen molar-refractivity contribution in [1.82, 2.24) is 4.90 Å². The first-order chi connectivity index (χ1) is 17.1. The van der Waals surface area contributed by atoms with Crippen molar-refractivity contribution in [3.8, 4) is 11.5 Å². The average Bonchev–Trinajstić information content (AvgIpc) is 3.43. The van der Waals surface area contributed by atoms with Crippen LogP contribution in [-0.2, 0) is 18.4 Å². The van der Waals surface area contributed by atoms with Crippen molar-refractivity contribution in [1.29, 1.82) is 0 Å². The van der Waals surface area contributed by atoms with Gasteiger partial charge in [0.05, 0.1) is 18.6 Å². The topological polar surface area (TPSA) is 59.0 Å². The fourth-order valence-electron chi connectivity index (χ4n) is 6.77. The minimum absolute atomic E-state index is 0.0377. The molecule has 35 heavy (non-hydrogen) atoms. The van der Waals surface area contributed by atoms with E-state index in [9.17, 15) is 9.90 Å². The second kappa shape index (κ2) is 9.38. The molecule has 1 N–H and O–H groups in total. The number of hydrogen-bond acceptors (Lipinski definition) is 6. The molecule has 2 aromatic rings. The number of fused-ring (bicyclic) bond motifs is 1. The molecule has 0 bridgehead atoms. The molecule has 1 aromatic heterocycles. The molecule has 1 spiro atoms. The van der Waals surface area contributed by atoms with E-state index in [2.05, 4.69) is 22.4 Å². The number of carbonyl (C=O) groups excluding carboxylic acids is 1. The molecule has 6 heteroatoms. The second-order valence-corrected chi connectivity index (χ2v) is 11.7. The Bertz CT molecular complexity index is 1140. The Morgan fingerprint density at radius 1 is 1.26 bits per heavy atom. The van der Waals surface area contributed by atoms with E-state index in [1.54, 1.807) is 18.4 Å². The van der Waals surface area contributed by atoms with Crippen molar-refractivity contribution in [2.24, 2.45) is 5.92 Å². The maximum Gasteiger partial charge on any atom is 0.167 e. The highest BCUT2D eigenvalue weighted by Crippen LogP contribution is 2.55. The van der Waals surface area contributed by atoms with Crippen LogP contribution in [0.5, 0.6) is 11.5 Å². The molecule has 0 fully saturated rings. The fourth-order valence-corrected chi connectivity index (χ4v) is 7.67. The number of unbranched alkanes of at least 4 members (excludes halogenated alkanes) is 2. The number of rotatable bonds is 7. The normalized spacial score (nSPS) is 29.2. The summed E-state index contributed by atoms with van der Waals surface area (Å²) in [5.41, 5.74) is 3.42. The molecule has 0 saturated carbocycles. The van der Waals surface area contributed by atoms with Gasteiger partial charge < -0.3 is 14.6 Å². The summed E-state index contributed by atoms with van der Waals surface area (Å²) < 4.78 is 12.1. The number of benzene rings is 1. The number of aryl methyl sites for hydroxylation is 1. The lowest BCUT2D eigenvalue weighted by Gasteiger charge is -2.36. The summed E-state index contributed by atoms with van der Waals surface area (Å²) in [6.45, 7) is 3.00. The summed E-state index contributed by atoms with van der Waals surface area (Å²) in [7, 11) is 1.70. The number of hydrogen-bond donors (Lipinski definition) is 1. The van der Waals surface area contributed by atoms with Crippen LogP contribution in [0.15, 0.2) is 35.7 Å². The van der Waals surface area contributed by atoms with Gasteiger partial charge in [-0.1, -0.05) is 31.1 Å². The minimum Gasteiger partial charge on any atom is -0.493 e. The first kappa shape index (κ1) is 23.3. The number of aliphatic hydroxyl groups excluding tert-OH is 1. The van der Waals surface area contributed by atoms with Gasteiger partial charge in [0.1, 0.15) is 6.10 Å². The van der Waals surface area contributed by atoms with Crippen LogP contribution in [0.3, 0.4) is 0 Å². The number of thiophene rings is 1. The van der Waals surface area contributed by atoms with Crippen molar-refractivity contribution in [2.75, 3.05) is 20.2 Å². The summed E-state index contributed by atoms with van der Waals surface area (Å²) in [6, 6.07) is 6.25. The molecule has 3 heterocycles. The zero-order valence-electron chi connectivity index (χ0n) is 20.5. The Balaban J connectivity index is 1.08. The van der Waals surface area contributed by atoms with Crippen LogP contribution in [0, 0.1) is 5.92 Å². The van der Waals surface area contributed by atoms with Gasteiger partial charge >= 0.3 is 0 Å². The number of methoxy groups -OCH3 is 1. The number of aliphatic hydroxyl groups is 1. The summed E-state index contributed by atoms with van der Waals surface area (Å²) in [4.78, 5) is 16.6. The predicted molar refractivity (Wildman–Crippen MR) is 138 cm³/mol. The zero-order chi connectivity index (χ0) is 24.0. The number of carbonyl (C=O) groups is 1. The Kier molecular flexibility index (Phi) is 6.23. The van der Waals surface area contributed by atoms with Gasteiger partial charge in [0.15, 0.2) is 17.3 Å². The molecule has 2 aliphatic carbocycles. The molecular weight excluding hydrogens is 458 g/mol. The molecule has 1 aromatic carbocycles. The first-order valence-corrected chi connectivity index (χ1v) is 14.0. The fraction of sp³-hybridized carbons (Fsp3) is 0.552. The van der Waals surface area contributed by atoms with E-state index < -0.39 is 6.10 Å². The maximum absolute atomic E-state index is 12.7. The Hall–Kier alpha value is -2.15. The van der Waals surface area contributed by atoms with Crippen LogP contribution in [0.2, 0.25) is 0 Å². The van der Waals surface area contributed by atoms with Gasteiger partial charge in [-0.25, -0.2) is 0 Å². The Morgan fingerprint density at radius 2 is 2.17 bits per heavy atom. The third-order valence-corrected chi connectivity index (χ3v) is 9.64. The molecule has 2 aliphatic heterocycles. The van der Waals surface area contributed by atoms with Gasteiger partial charge in [-0.3, -0.25) is 9.69 Å². The zero-order valence-corrected chi connectivity index (χ0v) is 21.3. The van der Waals surface area contributed by atoms with Gasteiger partial charge in [0.2, 0.25) is 0 Å². The Morgan fingerprint density at radius 3 is 3.06 bits per heavy atom. The van der Waals surface area contributed by atoms with Crippen LogP contribution >= 0.6 is 11.3 Å². The van der Waals surface area contributed by atoms with Crippen LogP contribution in [-0.4, -0.2) is 48.2 Å². The van der Waals surface area contributed by atoms with Crippen molar-refractivity contribution in [3.05, 3.63) is 57.3 Å². The lowest BCUT2D eigenvalue weighted by atomic mass is 9.69. The molecule has 0 radical (unpaired) electrons. The quantitative estimate of drug-likeness (QED) is 0.420. The van der Waals surface area contributed by atoms with Crippen molar-refractivity contribution < 1.29 is 19.4 Å². The molecule has 1 unspecified atom stereocenters. The van der Waals surface area contributed by atoms with Gasteiger partial charge in [0, 0.05) is 34.9 Å². The van der Waals surface area contributed by atoms with E-state index in [1.165, 1.54) is 22.4 Å². The maximum atomic E-state index is 12.7. The third kappa shape index (κ3) is 4.04. The molecule has 6 rings (SSSR count). The van der Waals surface area contributed by atoms with Gasteiger partial charge in [-0.05, 0) is 68.3 Å². The Labute approximate surface area is 211 Å². The number of ether oxygens (including phenoxy) is 2. The van der Waals surface area contributed by atoms with E-state index in [1.807, 2.05) is 18.2 Å². The second-order valence-electron chi connectivity index (χ2n) is 10.7. The molecule has 186 valence electrons. The molecule has 4 atom stereocenters. The number of nitrogens with zero attached hydrogens (tertiary/aromatic N) is 1. The van der Waals surface area contributed by atoms with E-state index >= 15 is 0 Å². The standard InChI is InChI=1S/C29H35NO4S/c1-33-23-8-6-20-18-30(15-13-29-12-10-21(31)17-25(29)34-28(23)26(20)29)14-4-2-3-5-19-7-9-24-22(27(19)32)11-16-35-24/h6,8,10-12,16,19,21,25,31H,2-5,7,9,13-15,17-18H2,1H3/t19?,21-,25-,29+/m0/s1. The van der Waals surface area contributed by atoms with Crippen molar-refractivity contribution in [2.45, 2.75) is 75.5 Å². The molecule has 0 saturated heterocycles. The highest BCUT2D eigenvalue weighted by atomic mass is 32.1. The van der Waals surface area contributed by atoms with Gasteiger partial charge in [-0.15, -0.1) is 11.3 Å². The van der Waals surface area contributed by atoms with E-state index in [0.717, 1.165) is 75.2 Å². The van der Waals surface area contributed by atoms with E-state index in [0.29, 0.717) is 12.2 Å². The predicted octanol–water partition coefficient (Wildman–Crippen LogP) is 5.29. The third-order valence-electron chi connectivity index (χ3n) is 8.66. The van der Waals surface area contributed by atoms with E-state index in [-0.39, 0.29) is 17.4 Å². The minimum atomic E-state index is -0.448.